The van der Waals surface area contributed by atoms with Crippen molar-refractivity contribution >= 4 is 28.3 Å². The first-order valence-electron chi connectivity index (χ1n) is 9.29. The Hall–Kier alpha value is -3.08. The van der Waals surface area contributed by atoms with E-state index in [1.54, 1.807) is 4.90 Å². The van der Waals surface area contributed by atoms with Crippen LogP contribution in [0, 0.1) is 6.92 Å². The highest BCUT2D eigenvalue weighted by molar-refractivity contribution is 6.45. The van der Waals surface area contributed by atoms with E-state index in [2.05, 4.69) is 22.0 Å². The number of Topliss-reactive ketones (excluding diaryl/α,β-unsaturated/α-hetero) is 1. The number of amides is 1. The van der Waals surface area contributed by atoms with E-state index >= 15 is 0 Å². The highest BCUT2D eigenvalue weighted by Gasteiger charge is 2.33. The Morgan fingerprint density at radius 1 is 1.00 bits per heavy atom. The normalized spacial score (nSPS) is 17.3. The van der Waals surface area contributed by atoms with Gasteiger partial charge in [-0.2, -0.15) is 0 Å². The van der Waals surface area contributed by atoms with Crippen LogP contribution in [0.1, 0.15) is 23.0 Å². The second-order valence-electron chi connectivity index (χ2n) is 7.13. The standard InChI is InChI=1S/C22H23N3O2/c1-15-14-24(17-8-4-3-5-9-17)12-13-25(15)22(27)21(26)20-16(2)23-19-11-7-6-10-18(19)20/h3-11,15,23H,12-14H2,1-2H3. The fourth-order valence-electron chi connectivity index (χ4n) is 3.94. The highest BCUT2D eigenvalue weighted by atomic mass is 16.2. The molecule has 1 N–H and O–H groups in total. The number of nitrogens with one attached hydrogen (secondary N) is 1. The summed E-state index contributed by atoms with van der Waals surface area (Å²) in [6.45, 7) is 5.83. The minimum absolute atomic E-state index is 0.0269. The quantitative estimate of drug-likeness (QED) is 0.575. The third kappa shape index (κ3) is 3.10. The average molecular weight is 361 g/mol. The number of rotatable bonds is 3. The van der Waals surface area contributed by atoms with E-state index in [0.29, 0.717) is 12.1 Å². The second kappa shape index (κ2) is 6.91. The number of anilines is 1. The van der Waals surface area contributed by atoms with Gasteiger partial charge in [-0.25, -0.2) is 0 Å². The lowest BCUT2D eigenvalue weighted by Crippen LogP contribution is -2.55. The first kappa shape index (κ1) is 17.3. The Labute approximate surface area is 158 Å². The number of H-pyrrole nitrogens is 1. The van der Waals surface area contributed by atoms with E-state index in [-0.39, 0.29) is 6.04 Å². The molecule has 3 aromatic rings. The monoisotopic (exact) mass is 361 g/mol. The molecule has 0 radical (unpaired) electrons. The molecular formula is C22H23N3O2. The van der Waals surface area contributed by atoms with E-state index in [1.165, 1.54) is 0 Å². The molecule has 1 amide bonds. The molecule has 1 aromatic heterocycles. The lowest BCUT2D eigenvalue weighted by atomic mass is 10.0. The Kier molecular flexibility index (Phi) is 4.44. The summed E-state index contributed by atoms with van der Waals surface area (Å²) >= 11 is 0. The minimum atomic E-state index is -0.426. The summed E-state index contributed by atoms with van der Waals surface area (Å²) in [5.74, 6) is -0.840. The van der Waals surface area contributed by atoms with Crippen LogP contribution in [0.15, 0.2) is 54.6 Å². The van der Waals surface area contributed by atoms with E-state index in [9.17, 15) is 9.59 Å². The number of ketones is 1. The molecule has 2 heterocycles. The van der Waals surface area contributed by atoms with Crippen molar-refractivity contribution in [2.75, 3.05) is 24.5 Å². The van der Waals surface area contributed by atoms with Crippen LogP contribution in [0.3, 0.4) is 0 Å². The topological polar surface area (TPSA) is 56.4 Å². The molecule has 2 aromatic carbocycles. The van der Waals surface area contributed by atoms with Crippen molar-refractivity contribution in [1.82, 2.24) is 9.88 Å². The molecule has 0 saturated carbocycles. The molecular weight excluding hydrogens is 338 g/mol. The molecule has 5 heteroatoms. The Bertz CT molecular complexity index is 993. The SMILES string of the molecule is Cc1[nH]c2ccccc2c1C(=O)C(=O)N1CCN(c2ccccc2)CC1C. The van der Waals surface area contributed by atoms with Gasteiger partial charge in [-0.3, -0.25) is 9.59 Å². The zero-order valence-electron chi connectivity index (χ0n) is 15.6. The van der Waals surface area contributed by atoms with Crippen LogP contribution in [0.4, 0.5) is 5.69 Å². The van der Waals surface area contributed by atoms with Crippen LogP contribution in [-0.2, 0) is 4.79 Å². The molecule has 0 bridgehead atoms. The summed E-state index contributed by atoms with van der Waals surface area (Å²) in [7, 11) is 0. The van der Waals surface area contributed by atoms with E-state index in [0.717, 1.165) is 35.4 Å². The predicted octanol–water partition coefficient (Wildman–Crippen LogP) is 3.40. The molecule has 1 saturated heterocycles. The first-order chi connectivity index (χ1) is 13.1. The van der Waals surface area contributed by atoms with Gasteiger partial charge in [0.15, 0.2) is 0 Å². The molecule has 1 atom stereocenters. The molecule has 5 nitrogen and oxygen atoms in total. The van der Waals surface area contributed by atoms with Gasteiger partial charge in [-0.1, -0.05) is 36.4 Å². The molecule has 0 spiro atoms. The van der Waals surface area contributed by atoms with Crippen LogP contribution in [0.25, 0.3) is 10.9 Å². The largest absolute Gasteiger partial charge is 0.368 e. The zero-order valence-corrected chi connectivity index (χ0v) is 15.6. The number of piperazine rings is 1. The zero-order chi connectivity index (χ0) is 19.0. The minimum Gasteiger partial charge on any atom is -0.368 e. The smallest absolute Gasteiger partial charge is 0.295 e. The number of hydrogen-bond acceptors (Lipinski definition) is 3. The van der Waals surface area contributed by atoms with Crippen LogP contribution in [-0.4, -0.2) is 47.3 Å². The summed E-state index contributed by atoms with van der Waals surface area (Å²) in [6.07, 6.45) is 0. The molecule has 27 heavy (non-hydrogen) atoms. The lowest BCUT2D eigenvalue weighted by Gasteiger charge is -2.40. The number of aromatic amines is 1. The van der Waals surface area contributed by atoms with Gasteiger partial charge >= 0.3 is 0 Å². The Morgan fingerprint density at radius 2 is 1.70 bits per heavy atom. The van der Waals surface area contributed by atoms with Crippen molar-refractivity contribution in [3.63, 3.8) is 0 Å². The maximum Gasteiger partial charge on any atom is 0.295 e. The van der Waals surface area contributed by atoms with Crippen molar-refractivity contribution < 1.29 is 9.59 Å². The maximum absolute atomic E-state index is 13.0. The van der Waals surface area contributed by atoms with Gasteiger partial charge in [0, 0.05) is 48.0 Å². The van der Waals surface area contributed by atoms with Gasteiger partial charge in [-0.05, 0) is 32.0 Å². The van der Waals surface area contributed by atoms with Crippen LogP contribution >= 0.6 is 0 Å². The highest BCUT2D eigenvalue weighted by Crippen LogP contribution is 2.24. The van der Waals surface area contributed by atoms with Gasteiger partial charge in [-0.15, -0.1) is 0 Å². The summed E-state index contributed by atoms with van der Waals surface area (Å²) in [4.78, 5) is 33.2. The number of benzene rings is 2. The number of hydrogen-bond donors (Lipinski definition) is 1. The fourth-order valence-corrected chi connectivity index (χ4v) is 3.94. The maximum atomic E-state index is 13.0. The van der Waals surface area contributed by atoms with Crippen molar-refractivity contribution in [3.05, 3.63) is 65.9 Å². The number of para-hydroxylation sites is 2. The van der Waals surface area contributed by atoms with Crippen molar-refractivity contribution in [1.29, 1.82) is 0 Å². The Balaban J connectivity index is 1.54. The van der Waals surface area contributed by atoms with E-state index in [1.807, 2.05) is 56.3 Å². The molecule has 4 rings (SSSR count). The van der Waals surface area contributed by atoms with Gasteiger partial charge in [0.1, 0.15) is 0 Å². The average Bonchev–Trinajstić information content (AvgIpc) is 3.03. The number of aryl methyl sites for hydroxylation is 1. The fraction of sp³-hybridized carbons (Fsp3) is 0.273. The summed E-state index contributed by atoms with van der Waals surface area (Å²) in [5.41, 5.74) is 3.27. The Morgan fingerprint density at radius 3 is 2.44 bits per heavy atom. The van der Waals surface area contributed by atoms with Crippen molar-refractivity contribution in [3.8, 4) is 0 Å². The number of carbonyl (C=O) groups is 2. The van der Waals surface area contributed by atoms with Gasteiger partial charge < -0.3 is 14.8 Å². The van der Waals surface area contributed by atoms with Gasteiger partial charge in [0.25, 0.3) is 11.7 Å². The first-order valence-corrected chi connectivity index (χ1v) is 9.29. The van der Waals surface area contributed by atoms with Crippen molar-refractivity contribution in [2.45, 2.75) is 19.9 Å². The number of aromatic nitrogens is 1. The van der Waals surface area contributed by atoms with Crippen LogP contribution < -0.4 is 4.90 Å². The number of carbonyl (C=O) groups excluding carboxylic acids is 2. The van der Waals surface area contributed by atoms with Crippen molar-refractivity contribution in [2.24, 2.45) is 0 Å². The summed E-state index contributed by atoms with van der Waals surface area (Å²) < 4.78 is 0. The summed E-state index contributed by atoms with van der Waals surface area (Å²) in [5, 5.41) is 0.809. The van der Waals surface area contributed by atoms with Crippen LogP contribution in [0.2, 0.25) is 0 Å². The molecule has 1 aliphatic heterocycles. The molecule has 0 aliphatic carbocycles. The predicted molar refractivity (Wildman–Crippen MR) is 107 cm³/mol. The van der Waals surface area contributed by atoms with Crippen LogP contribution in [0.5, 0.6) is 0 Å². The second-order valence-corrected chi connectivity index (χ2v) is 7.13. The number of nitrogens with zero attached hydrogens (tertiary/aromatic N) is 2. The summed E-state index contributed by atoms with van der Waals surface area (Å²) in [6, 6.07) is 17.8. The van der Waals surface area contributed by atoms with E-state index in [4.69, 9.17) is 0 Å². The number of fused-ring (bicyclic) bond motifs is 1. The van der Waals surface area contributed by atoms with E-state index < -0.39 is 11.7 Å². The third-order valence-electron chi connectivity index (χ3n) is 5.32. The molecule has 138 valence electrons. The molecule has 1 fully saturated rings. The molecule has 1 aliphatic rings. The third-order valence-corrected chi connectivity index (χ3v) is 5.32. The van der Waals surface area contributed by atoms with Gasteiger partial charge in [0.05, 0.1) is 5.56 Å². The molecule has 1 unspecified atom stereocenters. The van der Waals surface area contributed by atoms with Gasteiger partial charge in [0.2, 0.25) is 0 Å². The lowest BCUT2D eigenvalue weighted by molar-refractivity contribution is -0.128.